The Bertz CT molecular complexity index is 362. The number of hydrogen-bond donors (Lipinski definition) is 0. The van der Waals surface area contributed by atoms with Gasteiger partial charge in [-0.3, -0.25) is 4.79 Å². The molecule has 14 heavy (non-hydrogen) atoms. The summed E-state index contributed by atoms with van der Waals surface area (Å²) in [6.07, 6.45) is 3.67. The van der Waals surface area contributed by atoms with Gasteiger partial charge in [0.2, 0.25) is 0 Å². The largest absolute Gasteiger partial charge is 0.289 e. The van der Waals surface area contributed by atoms with E-state index in [-0.39, 0.29) is 5.78 Å². The molecule has 0 unspecified atom stereocenters. The van der Waals surface area contributed by atoms with E-state index in [4.69, 9.17) is 0 Å². The highest BCUT2D eigenvalue weighted by atomic mass is 32.2. The van der Waals surface area contributed by atoms with E-state index < -0.39 is 0 Å². The molecule has 0 saturated carbocycles. The molecule has 0 radical (unpaired) electrons. The number of hydrogen-bond acceptors (Lipinski definition) is 2. The molecule has 1 rings (SSSR count). The topological polar surface area (TPSA) is 17.1 Å². The molecule has 0 bridgehead atoms. The zero-order valence-corrected chi connectivity index (χ0v) is 9.52. The smallest absolute Gasteiger partial charge is 0.185 e. The summed E-state index contributed by atoms with van der Waals surface area (Å²) in [5.74, 6) is 0.0842. The van der Waals surface area contributed by atoms with Crippen LogP contribution in [0.15, 0.2) is 40.8 Å². The molecule has 0 spiro atoms. The van der Waals surface area contributed by atoms with Gasteiger partial charge >= 0.3 is 0 Å². The SMILES string of the molecule is CSc1cccc(C(=O)C=C(C)C)c1. The molecule has 0 N–H and O–H groups in total. The Balaban J connectivity index is 2.96. The fourth-order valence-corrected chi connectivity index (χ4v) is 1.58. The third kappa shape index (κ3) is 3.04. The minimum absolute atomic E-state index is 0.0842. The summed E-state index contributed by atoms with van der Waals surface area (Å²) >= 11 is 1.65. The van der Waals surface area contributed by atoms with E-state index >= 15 is 0 Å². The molecular formula is C12H14OS. The molecule has 1 aromatic rings. The van der Waals surface area contributed by atoms with E-state index in [9.17, 15) is 4.79 Å². The van der Waals surface area contributed by atoms with Gasteiger partial charge in [-0.1, -0.05) is 17.7 Å². The molecule has 0 amide bonds. The van der Waals surface area contributed by atoms with Gasteiger partial charge in [0.25, 0.3) is 0 Å². The van der Waals surface area contributed by atoms with Crippen molar-refractivity contribution < 1.29 is 4.79 Å². The molecule has 74 valence electrons. The summed E-state index contributed by atoms with van der Waals surface area (Å²) < 4.78 is 0. The van der Waals surface area contributed by atoms with Crippen LogP contribution < -0.4 is 0 Å². The number of benzene rings is 1. The average Bonchev–Trinajstić information content (AvgIpc) is 2.17. The quantitative estimate of drug-likeness (QED) is 0.427. The minimum atomic E-state index is 0.0842. The van der Waals surface area contributed by atoms with Crippen LogP contribution in [0.2, 0.25) is 0 Å². The van der Waals surface area contributed by atoms with Crippen LogP contribution in [0.5, 0.6) is 0 Å². The van der Waals surface area contributed by atoms with Gasteiger partial charge in [-0.2, -0.15) is 0 Å². The average molecular weight is 206 g/mol. The van der Waals surface area contributed by atoms with Crippen LogP contribution in [0.3, 0.4) is 0 Å². The summed E-state index contributed by atoms with van der Waals surface area (Å²) in [5.41, 5.74) is 1.79. The highest BCUT2D eigenvalue weighted by molar-refractivity contribution is 7.98. The number of carbonyl (C=O) groups is 1. The van der Waals surface area contributed by atoms with Gasteiger partial charge in [-0.25, -0.2) is 0 Å². The lowest BCUT2D eigenvalue weighted by Gasteiger charge is -1.99. The molecule has 0 aromatic heterocycles. The summed E-state index contributed by atoms with van der Waals surface area (Å²) in [7, 11) is 0. The summed E-state index contributed by atoms with van der Waals surface area (Å²) in [6, 6.07) is 7.69. The zero-order chi connectivity index (χ0) is 10.6. The van der Waals surface area contributed by atoms with Crippen LogP contribution in [-0.2, 0) is 0 Å². The first-order valence-corrected chi connectivity index (χ1v) is 5.69. The highest BCUT2D eigenvalue weighted by Crippen LogP contribution is 2.16. The van der Waals surface area contributed by atoms with Crippen molar-refractivity contribution in [2.24, 2.45) is 0 Å². The zero-order valence-electron chi connectivity index (χ0n) is 8.70. The van der Waals surface area contributed by atoms with Gasteiger partial charge in [0.1, 0.15) is 0 Å². The summed E-state index contributed by atoms with van der Waals surface area (Å²) in [5, 5.41) is 0. The molecule has 0 aliphatic carbocycles. The molecule has 1 nitrogen and oxygen atoms in total. The van der Waals surface area contributed by atoms with E-state index in [2.05, 4.69) is 0 Å². The molecular weight excluding hydrogens is 192 g/mol. The summed E-state index contributed by atoms with van der Waals surface area (Å²) in [6.45, 7) is 3.85. The van der Waals surface area contributed by atoms with E-state index in [1.165, 1.54) is 0 Å². The van der Waals surface area contributed by atoms with Crippen LogP contribution in [0, 0.1) is 0 Å². The van der Waals surface area contributed by atoms with E-state index in [1.54, 1.807) is 17.8 Å². The Kier molecular flexibility index (Phi) is 3.96. The first-order chi connectivity index (χ1) is 6.63. The molecule has 0 saturated heterocycles. The third-order valence-corrected chi connectivity index (χ3v) is 2.50. The molecule has 0 atom stereocenters. The van der Waals surface area contributed by atoms with E-state index in [0.29, 0.717) is 0 Å². The number of ketones is 1. The van der Waals surface area contributed by atoms with Crippen molar-refractivity contribution in [2.45, 2.75) is 18.7 Å². The fraction of sp³-hybridized carbons (Fsp3) is 0.250. The van der Waals surface area contributed by atoms with Crippen LogP contribution in [0.1, 0.15) is 24.2 Å². The molecule has 0 heterocycles. The van der Waals surface area contributed by atoms with Crippen LogP contribution >= 0.6 is 11.8 Å². The lowest BCUT2D eigenvalue weighted by molar-refractivity contribution is 0.104. The second-order valence-electron chi connectivity index (χ2n) is 3.32. The van der Waals surface area contributed by atoms with Gasteiger partial charge in [-0.05, 0) is 38.3 Å². The van der Waals surface area contributed by atoms with Crippen LogP contribution in [0.25, 0.3) is 0 Å². The highest BCUT2D eigenvalue weighted by Gasteiger charge is 2.02. The van der Waals surface area contributed by atoms with Gasteiger partial charge in [0, 0.05) is 10.5 Å². The predicted octanol–water partition coefficient (Wildman–Crippen LogP) is 3.56. The van der Waals surface area contributed by atoms with Crippen molar-refractivity contribution >= 4 is 17.5 Å². The van der Waals surface area contributed by atoms with Crippen molar-refractivity contribution in [3.8, 4) is 0 Å². The minimum Gasteiger partial charge on any atom is -0.289 e. The Morgan fingerprint density at radius 2 is 2.07 bits per heavy atom. The predicted molar refractivity (Wildman–Crippen MR) is 62.0 cm³/mol. The molecule has 0 aliphatic rings. The number of rotatable bonds is 3. The van der Waals surface area contributed by atoms with Crippen molar-refractivity contribution in [3.63, 3.8) is 0 Å². The number of allylic oxidation sites excluding steroid dienone is 2. The number of thioether (sulfide) groups is 1. The molecule has 1 aromatic carbocycles. The Labute approximate surface area is 89.2 Å². The second-order valence-corrected chi connectivity index (χ2v) is 4.20. The van der Waals surface area contributed by atoms with Gasteiger partial charge in [-0.15, -0.1) is 11.8 Å². The van der Waals surface area contributed by atoms with E-state index in [0.717, 1.165) is 16.0 Å². The third-order valence-electron chi connectivity index (χ3n) is 1.77. The van der Waals surface area contributed by atoms with E-state index in [1.807, 2.05) is 44.4 Å². The lowest BCUT2D eigenvalue weighted by atomic mass is 10.1. The monoisotopic (exact) mass is 206 g/mol. The second kappa shape index (κ2) is 5.01. The number of carbonyl (C=O) groups excluding carboxylic acids is 1. The maximum atomic E-state index is 11.6. The maximum absolute atomic E-state index is 11.6. The molecule has 0 fully saturated rings. The Morgan fingerprint density at radius 1 is 1.36 bits per heavy atom. The Hall–Kier alpha value is -1.02. The van der Waals surface area contributed by atoms with Crippen LogP contribution in [-0.4, -0.2) is 12.0 Å². The van der Waals surface area contributed by atoms with Gasteiger partial charge < -0.3 is 0 Å². The molecule has 0 aliphatic heterocycles. The standard InChI is InChI=1S/C12H14OS/c1-9(2)7-12(13)10-5-4-6-11(8-10)14-3/h4-8H,1-3H3. The van der Waals surface area contributed by atoms with Crippen molar-refractivity contribution in [1.29, 1.82) is 0 Å². The Morgan fingerprint density at radius 3 is 2.64 bits per heavy atom. The fourth-order valence-electron chi connectivity index (χ4n) is 1.12. The normalized spacial score (nSPS) is 9.64. The first-order valence-electron chi connectivity index (χ1n) is 4.47. The van der Waals surface area contributed by atoms with Gasteiger partial charge in [0.05, 0.1) is 0 Å². The summed E-state index contributed by atoms with van der Waals surface area (Å²) in [4.78, 5) is 12.8. The van der Waals surface area contributed by atoms with Crippen molar-refractivity contribution in [1.82, 2.24) is 0 Å². The molecule has 2 heteroatoms. The van der Waals surface area contributed by atoms with Crippen LogP contribution in [0.4, 0.5) is 0 Å². The maximum Gasteiger partial charge on any atom is 0.185 e. The van der Waals surface area contributed by atoms with Gasteiger partial charge in [0.15, 0.2) is 5.78 Å². The lowest BCUT2D eigenvalue weighted by Crippen LogP contribution is -1.94. The van der Waals surface area contributed by atoms with Crippen molar-refractivity contribution in [2.75, 3.05) is 6.26 Å². The first kappa shape index (κ1) is 11.1. The van der Waals surface area contributed by atoms with Crippen molar-refractivity contribution in [3.05, 3.63) is 41.5 Å².